The standard InChI is InChI=1S/C27H38N2O3S/c1-4-7-11-23-22-29-20-9-8-12-26(29)27(23)33(30,31)25-15-13-24(14-16-25)32-21-10-19-28(17-5-2)18-6-3/h8-9,12-16,20,22H,4-7,10-11,17-19,21H2,1-3H3. The Hall–Kier alpha value is -2.31. The Kier molecular flexibility index (Phi) is 9.39. The van der Waals surface area contributed by atoms with E-state index in [-0.39, 0.29) is 0 Å². The highest BCUT2D eigenvalue weighted by Gasteiger charge is 2.25. The van der Waals surface area contributed by atoms with E-state index in [9.17, 15) is 8.42 Å². The first-order valence-electron chi connectivity index (χ1n) is 12.3. The van der Waals surface area contributed by atoms with Crippen LogP contribution in [0.25, 0.3) is 5.52 Å². The van der Waals surface area contributed by atoms with E-state index in [4.69, 9.17) is 4.74 Å². The Labute approximate surface area is 199 Å². The molecule has 0 fully saturated rings. The Morgan fingerprint density at radius 2 is 1.61 bits per heavy atom. The fraction of sp³-hybridized carbons (Fsp3) is 0.481. The molecule has 0 amide bonds. The number of aromatic nitrogens is 1. The number of ether oxygens (including phenoxy) is 1. The van der Waals surface area contributed by atoms with Gasteiger partial charge in [0.15, 0.2) is 0 Å². The summed E-state index contributed by atoms with van der Waals surface area (Å²) in [6, 6.07) is 12.6. The molecular formula is C27H38N2O3S. The van der Waals surface area contributed by atoms with E-state index in [0.29, 0.717) is 22.1 Å². The molecule has 3 rings (SSSR count). The molecule has 0 aliphatic heterocycles. The van der Waals surface area contributed by atoms with Crippen LogP contribution in [-0.4, -0.2) is 44.0 Å². The van der Waals surface area contributed by atoms with Gasteiger partial charge in [0.1, 0.15) is 10.6 Å². The summed E-state index contributed by atoms with van der Waals surface area (Å²) < 4.78 is 35.0. The van der Waals surface area contributed by atoms with E-state index in [1.165, 1.54) is 0 Å². The van der Waals surface area contributed by atoms with Crippen molar-refractivity contribution in [2.45, 2.75) is 69.1 Å². The third-order valence-electron chi connectivity index (χ3n) is 5.88. The van der Waals surface area contributed by atoms with Crippen LogP contribution in [0.3, 0.4) is 0 Å². The summed E-state index contributed by atoms with van der Waals surface area (Å²) >= 11 is 0. The number of unbranched alkanes of at least 4 members (excludes halogenated alkanes) is 1. The van der Waals surface area contributed by atoms with Crippen molar-refractivity contribution in [3.63, 3.8) is 0 Å². The van der Waals surface area contributed by atoms with Crippen LogP contribution in [0.5, 0.6) is 5.75 Å². The molecule has 0 N–H and O–H groups in total. The van der Waals surface area contributed by atoms with Gasteiger partial charge in [-0.25, -0.2) is 8.42 Å². The predicted molar refractivity (Wildman–Crippen MR) is 135 cm³/mol. The normalized spacial score (nSPS) is 12.0. The van der Waals surface area contributed by atoms with Gasteiger partial charge in [0.25, 0.3) is 0 Å². The quantitative estimate of drug-likeness (QED) is 0.271. The summed E-state index contributed by atoms with van der Waals surface area (Å²) in [5.41, 5.74) is 1.61. The van der Waals surface area contributed by atoms with Crippen LogP contribution in [0, 0.1) is 0 Å². The number of nitrogens with zero attached hydrogens (tertiary/aromatic N) is 2. The van der Waals surface area contributed by atoms with E-state index >= 15 is 0 Å². The van der Waals surface area contributed by atoms with Crippen LogP contribution in [0.1, 0.15) is 58.4 Å². The third-order valence-corrected chi connectivity index (χ3v) is 7.78. The molecule has 3 aromatic rings. The summed E-state index contributed by atoms with van der Waals surface area (Å²) in [6.45, 7) is 10.4. The van der Waals surface area contributed by atoms with Gasteiger partial charge in [-0.05, 0) is 87.2 Å². The molecule has 0 bridgehead atoms. The molecule has 33 heavy (non-hydrogen) atoms. The molecule has 1 aromatic carbocycles. The third kappa shape index (κ3) is 6.39. The molecule has 180 valence electrons. The lowest BCUT2D eigenvalue weighted by Crippen LogP contribution is -2.27. The second-order valence-electron chi connectivity index (χ2n) is 8.60. The minimum Gasteiger partial charge on any atom is -0.494 e. The SMILES string of the molecule is CCCCc1cn2ccccc2c1S(=O)(=O)c1ccc(OCCCN(CCC)CCC)cc1. The van der Waals surface area contributed by atoms with Crippen molar-refractivity contribution >= 4 is 15.4 Å². The first kappa shape index (κ1) is 25.3. The van der Waals surface area contributed by atoms with Crippen LogP contribution >= 0.6 is 0 Å². The van der Waals surface area contributed by atoms with E-state index in [0.717, 1.165) is 69.2 Å². The van der Waals surface area contributed by atoms with Gasteiger partial charge < -0.3 is 14.0 Å². The first-order valence-corrected chi connectivity index (χ1v) is 13.8. The van der Waals surface area contributed by atoms with Crippen LogP contribution in [0.15, 0.2) is 64.6 Å². The Morgan fingerprint density at radius 3 is 2.27 bits per heavy atom. The Balaban J connectivity index is 1.71. The zero-order chi connectivity index (χ0) is 23.7. The molecule has 5 nitrogen and oxygen atoms in total. The van der Waals surface area contributed by atoms with Crippen molar-refractivity contribution in [2.75, 3.05) is 26.2 Å². The zero-order valence-corrected chi connectivity index (χ0v) is 21.1. The summed E-state index contributed by atoms with van der Waals surface area (Å²) in [5, 5.41) is 0. The molecule has 2 heterocycles. The molecule has 6 heteroatoms. The van der Waals surface area contributed by atoms with Crippen LogP contribution < -0.4 is 4.74 Å². The molecule has 0 aliphatic carbocycles. The lowest BCUT2D eigenvalue weighted by atomic mass is 10.1. The van der Waals surface area contributed by atoms with Crippen molar-refractivity contribution in [1.29, 1.82) is 0 Å². The van der Waals surface area contributed by atoms with Gasteiger partial charge in [0.05, 0.1) is 17.0 Å². The minimum absolute atomic E-state index is 0.307. The Morgan fingerprint density at radius 1 is 0.879 bits per heavy atom. The topological polar surface area (TPSA) is 51.0 Å². The molecular weight excluding hydrogens is 432 g/mol. The highest BCUT2D eigenvalue weighted by Crippen LogP contribution is 2.31. The number of hydrogen-bond acceptors (Lipinski definition) is 4. The number of fused-ring (bicyclic) bond motifs is 1. The molecule has 0 aliphatic rings. The van der Waals surface area contributed by atoms with Crippen molar-refractivity contribution in [1.82, 2.24) is 9.30 Å². The molecule has 0 saturated carbocycles. The summed E-state index contributed by atoms with van der Waals surface area (Å²) in [4.78, 5) is 3.20. The van der Waals surface area contributed by atoms with Gasteiger partial charge >= 0.3 is 0 Å². The smallest absolute Gasteiger partial charge is 0.208 e. The second-order valence-corrected chi connectivity index (χ2v) is 10.5. The molecule has 0 unspecified atom stereocenters. The van der Waals surface area contributed by atoms with Crippen molar-refractivity contribution in [2.24, 2.45) is 0 Å². The summed E-state index contributed by atoms with van der Waals surface area (Å²) in [7, 11) is -3.63. The van der Waals surface area contributed by atoms with E-state index in [1.54, 1.807) is 24.3 Å². The number of rotatable bonds is 14. The van der Waals surface area contributed by atoms with Crippen molar-refractivity contribution in [3.8, 4) is 5.75 Å². The molecule has 0 spiro atoms. The van der Waals surface area contributed by atoms with Gasteiger partial charge in [-0.15, -0.1) is 0 Å². The minimum atomic E-state index is -3.63. The molecule has 0 radical (unpaired) electrons. The number of aryl methyl sites for hydroxylation is 1. The lowest BCUT2D eigenvalue weighted by molar-refractivity contribution is 0.234. The molecule has 0 saturated heterocycles. The Bertz CT molecular complexity index is 1100. The predicted octanol–water partition coefficient (Wildman–Crippen LogP) is 6.01. The van der Waals surface area contributed by atoms with Gasteiger partial charge in [-0.1, -0.05) is 33.3 Å². The number of hydrogen-bond donors (Lipinski definition) is 0. The maximum absolute atomic E-state index is 13.6. The molecule has 0 atom stereocenters. The summed E-state index contributed by atoms with van der Waals surface area (Å²) in [5.74, 6) is 0.708. The zero-order valence-electron chi connectivity index (χ0n) is 20.3. The maximum Gasteiger partial charge on any atom is 0.208 e. The highest BCUT2D eigenvalue weighted by atomic mass is 32.2. The fourth-order valence-corrected chi connectivity index (χ4v) is 5.97. The monoisotopic (exact) mass is 470 g/mol. The van der Waals surface area contributed by atoms with E-state index in [2.05, 4.69) is 25.7 Å². The van der Waals surface area contributed by atoms with Gasteiger partial charge in [-0.3, -0.25) is 0 Å². The van der Waals surface area contributed by atoms with Crippen LogP contribution in [0.4, 0.5) is 0 Å². The number of pyridine rings is 1. The van der Waals surface area contributed by atoms with Gasteiger partial charge in [0.2, 0.25) is 9.84 Å². The average molecular weight is 471 g/mol. The number of benzene rings is 1. The van der Waals surface area contributed by atoms with E-state index < -0.39 is 9.84 Å². The largest absolute Gasteiger partial charge is 0.494 e. The fourth-order valence-electron chi connectivity index (χ4n) is 4.29. The molecule has 2 aromatic heterocycles. The van der Waals surface area contributed by atoms with Crippen molar-refractivity contribution < 1.29 is 13.2 Å². The second kappa shape index (κ2) is 12.2. The van der Waals surface area contributed by atoms with Crippen LogP contribution in [0.2, 0.25) is 0 Å². The highest BCUT2D eigenvalue weighted by molar-refractivity contribution is 7.91. The average Bonchev–Trinajstić information content (AvgIpc) is 3.20. The first-order chi connectivity index (χ1) is 16.0. The maximum atomic E-state index is 13.6. The van der Waals surface area contributed by atoms with Gasteiger partial charge in [-0.2, -0.15) is 0 Å². The summed E-state index contributed by atoms with van der Waals surface area (Å²) in [6.07, 6.45) is 9.87. The van der Waals surface area contributed by atoms with Gasteiger partial charge in [0, 0.05) is 18.9 Å². The number of sulfone groups is 1. The van der Waals surface area contributed by atoms with E-state index in [1.807, 2.05) is 35.0 Å². The lowest BCUT2D eigenvalue weighted by Gasteiger charge is -2.20. The van der Waals surface area contributed by atoms with Crippen molar-refractivity contribution in [3.05, 3.63) is 60.4 Å². The van der Waals surface area contributed by atoms with Crippen LogP contribution in [-0.2, 0) is 16.3 Å².